The Hall–Kier alpha value is -4.86. The average molecular weight is 608 g/mol. The van der Waals surface area contributed by atoms with E-state index >= 15 is 0 Å². The highest BCUT2D eigenvalue weighted by atomic mass is 35.5. The third-order valence-corrected chi connectivity index (χ3v) is 6.19. The molecule has 1 heterocycles. The van der Waals surface area contributed by atoms with Crippen molar-refractivity contribution >= 4 is 47.0 Å². The molecule has 1 aromatic heterocycles. The monoisotopic (exact) mass is 607 g/mol. The lowest BCUT2D eigenvalue weighted by atomic mass is 10.1. The van der Waals surface area contributed by atoms with Gasteiger partial charge in [-0.1, -0.05) is 23.7 Å². The normalized spacial score (nSPS) is 14.3. The first-order chi connectivity index (χ1) is 19.8. The zero-order valence-corrected chi connectivity index (χ0v) is 22.4. The molecule has 1 atom stereocenters. The van der Waals surface area contributed by atoms with Crippen molar-refractivity contribution in [1.82, 2.24) is 20.3 Å². The molecule has 0 radical (unpaired) electrons. The van der Waals surface area contributed by atoms with E-state index in [0.717, 1.165) is 18.4 Å². The van der Waals surface area contributed by atoms with Crippen LogP contribution in [-0.4, -0.2) is 63.3 Å². The Morgan fingerprint density at radius 3 is 2.26 bits per heavy atom. The molecule has 1 unspecified atom stereocenters. The van der Waals surface area contributed by atoms with Crippen molar-refractivity contribution in [1.29, 1.82) is 0 Å². The number of hydrogen-bond donors (Lipinski definition) is 6. The summed E-state index contributed by atoms with van der Waals surface area (Å²) in [4.78, 5) is 39.7. The molecule has 13 nitrogen and oxygen atoms in total. The first-order valence-electron chi connectivity index (χ1n) is 12.3. The standard InChI is InChI=1S/C25H25ClF3N9O4/c26-15-5-3-14(4-6-15)24(9-10-24)38-22-35-21(36-23(37-22)42-12-25(27,28)29)33-16-7-1-13(2-8-16)18(39)34-17(19(40)41)11-32-20(30)31/h1-8,17H,9-12H2,(H,34,39)(H,40,41)(H4,30,31,32)(H2,33,35,36,37,38). The highest BCUT2D eigenvalue weighted by Gasteiger charge is 2.45. The first-order valence-corrected chi connectivity index (χ1v) is 12.7. The van der Waals surface area contributed by atoms with Crippen LogP contribution in [0.2, 0.25) is 5.02 Å². The van der Waals surface area contributed by atoms with Crippen molar-refractivity contribution in [2.24, 2.45) is 16.5 Å². The molecule has 0 aliphatic heterocycles. The first kappa shape index (κ1) is 30.1. The smallest absolute Gasteiger partial charge is 0.422 e. The number of alkyl halides is 3. The highest BCUT2D eigenvalue weighted by Crippen LogP contribution is 2.48. The number of halogens is 4. The minimum atomic E-state index is -4.62. The van der Waals surface area contributed by atoms with Crippen molar-refractivity contribution in [3.8, 4) is 6.01 Å². The van der Waals surface area contributed by atoms with Gasteiger partial charge in [0.05, 0.1) is 12.1 Å². The van der Waals surface area contributed by atoms with E-state index in [1.54, 1.807) is 12.1 Å². The van der Waals surface area contributed by atoms with Gasteiger partial charge in [-0.05, 0) is 54.8 Å². The second-order valence-electron chi connectivity index (χ2n) is 9.22. The highest BCUT2D eigenvalue weighted by molar-refractivity contribution is 6.30. The van der Waals surface area contributed by atoms with Gasteiger partial charge in [-0.3, -0.25) is 9.79 Å². The number of guanidine groups is 1. The zero-order valence-electron chi connectivity index (χ0n) is 21.7. The predicted molar refractivity (Wildman–Crippen MR) is 147 cm³/mol. The van der Waals surface area contributed by atoms with Gasteiger partial charge < -0.3 is 37.3 Å². The second kappa shape index (κ2) is 12.3. The van der Waals surface area contributed by atoms with Crippen LogP contribution in [0.3, 0.4) is 0 Å². The van der Waals surface area contributed by atoms with Gasteiger partial charge in [0.25, 0.3) is 5.91 Å². The van der Waals surface area contributed by atoms with Crippen LogP contribution in [0.25, 0.3) is 0 Å². The van der Waals surface area contributed by atoms with Crippen molar-refractivity contribution in [3.05, 3.63) is 64.7 Å². The number of amides is 1. The van der Waals surface area contributed by atoms with Crippen LogP contribution in [-0.2, 0) is 10.3 Å². The molecule has 2 aromatic carbocycles. The van der Waals surface area contributed by atoms with E-state index in [4.69, 9.17) is 27.8 Å². The number of nitrogens with two attached hydrogens (primary N) is 2. The number of carbonyl (C=O) groups excluding carboxylic acids is 1. The molecule has 1 amide bonds. The lowest BCUT2D eigenvalue weighted by Gasteiger charge is -2.19. The summed E-state index contributed by atoms with van der Waals surface area (Å²) in [6.45, 7) is -1.97. The number of aliphatic carboxylic acids is 1. The molecule has 8 N–H and O–H groups in total. The van der Waals surface area contributed by atoms with E-state index in [1.165, 1.54) is 24.3 Å². The summed E-state index contributed by atoms with van der Waals surface area (Å²) < 4.78 is 43.2. The summed E-state index contributed by atoms with van der Waals surface area (Å²) >= 11 is 5.99. The quantitative estimate of drug-likeness (QED) is 0.130. The van der Waals surface area contributed by atoms with Gasteiger partial charge in [0.15, 0.2) is 12.6 Å². The third kappa shape index (κ3) is 8.33. The molecule has 0 spiro atoms. The fourth-order valence-electron chi connectivity index (χ4n) is 3.73. The van der Waals surface area contributed by atoms with Crippen LogP contribution in [0.1, 0.15) is 28.8 Å². The van der Waals surface area contributed by atoms with E-state index in [-0.39, 0.29) is 30.0 Å². The Bertz CT molecular complexity index is 1460. The Labute approximate surface area is 241 Å². The fourth-order valence-corrected chi connectivity index (χ4v) is 3.86. The molecular weight excluding hydrogens is 583 g/mol. The summed E-state index contributed by atoms with van der Waals surface area (Å²) in [7, 11) is 0. The van der Waals surface area contributed by atoms with Crippen molar-refractivity contribution in [2.45, 2.75) is 30.6 Å². The maximum atomic E-state index is 12.8. The number of carboxylic acid groups (broad SMARTS) is 1. The number of carbonyl (C=O) groups is 2. The molecule has 42 heavy (non-hydrogen) atoms. The number of carboxylic acids is 1. The Balaban J connectivity index is 1.51. The van der Waals surface area contributed by atoms with Gasteiger partial charge in [-0.25, -0.2) is 4.79 Å². The maximum Gasteiger partial charge on any atom is 0.422 e. The minimum absolute atomic E-state index is 0.0198. The van der Waals surface area contributed by atoms with Crippen molar-refractivity contribution < 1.29 is 32.6 Å². The van der Waals surface area contributed by atoms with Crippen LogP contribution < -0.4 is 32.2 Å². The van der Waals surface area contributed by atoms with E-state index in [0.29, 0.717) is 10.7 Å². The number of benzene rings is 2. The van der Waals surface area contributed by atoms with Gasteiger partial charge in [0, 0.05) is 16.3 Å². The number of ether oxygens (including phenoxy) is 1. The SMILES string of the molecule is NC(N)=NCC(NC(=O)c1ccc(Nc2nc(NC3(c4ccc(Cl)cc4)CC3)nc(OCC(F)(F)F)n2)cc1)C(=O)O. The molecular formula is C25H25ClF3N9O4. The number of anilines is 3. The summed E-state index contributed by atoms with van der Waals surface area (Å²) in [6, 6.07) is 10.9. The summed E-state index contributed by atoms with van der Waals surface area (Å²) in [5, 5.41) is 18.2. The second-order valence-corrected chi connectivity index (χ2v) is 9.65. The average Bonchev–Trinajstić information content (AvgIpc) is 3.70. The maximum absolute atomic E-state index is 12.8. The van der Waals surface area contributed by atoms with Crippen molar-refractivity contribution in [3.63, 3.8) is 0 Å². The molecule has 0 saturated heterocycles. The van der Waals surface area contributed by atoms with E-state index < -0.39 is 42.3 Å². The topological polar surface area (TPSA) is 203 Å². The molecule has 1 fully saturated rings. The van der Waals surface area contributed by atoms with E-state index in [9.17, 15) is 27.9 Å². The molecule has 0 bridgehead atoms. The molecule has 1 saturated carbocycles. The van der Waals surface area contributed by atoms with Crippen LogP contribution in [0, 0.1) is 0 Å². The van der Waals surface area contributed by atoms with E-state index in [1.807, 2.05) is 12.1 Å². The van der Waals surface area contributed by atoms with Crippen LogP contribution in [0.15, 0.2) is 53.5 Å². The Kier molecular flexibility index (Phi) is 8.84. The molecule has 222 valence electrons. The lowest BCUT2D eigenvalue weighted by molar-refractivity contribution is -0.154. The van der Waals surface area contributed by atoms with Crippen molar-refractivity contribution in [2.75, 3.05) is 23.8 Å². The van der Waals surface area contributed by atoms with Gasteiger partial charge in [-0.15, -0.1) is 0 Å². The largest absolute Gasteiger partial charge is 0.480 e. The Morgan fingerprint density at radius 1 is 1.05 bits per heavy atom. The van der Waals surface area contributed by atoms with E-state index in [2.05, 4.69) is 35.9 Å². The third-order valence-electron chi connectivity index (χ3n) is 5.94. The number of rotatable bonds is 12. The van der Waals surface area contributed by atoms with Crippen LogP contribution in [0.4, 0.5) is 30.8 Å². The van der Waals surface area contributed by atoms with Crippen LogP contribution >= 0.6 is 11.6 Å². The zero-order chi connectivity index (χ0) is 30.5. The molecule has 1 aliphatic rings. The Morgan fingerprint density at radius 2 is 1.69 bits per heavy atom. The van der Waals surface area contributed by atoms with Gasteiger partial charge in [0.1, 0.15) is 6.04 Å². The number of aromatic nitrogens is 3. The molecule has 4 rings (SSSR count). The fraction of sp³-hybridized carbons (Fsp3) is 0.280. The predicted octanol–water partition coefficient (Wildman–Crippen LogP) is 2.77. The van der Waals surface area contributed by atoms with Gasteiger partial charge in [-0.2, -0.15) is 28.1 Å². The van der Waals surface area contributed by atoms with Crippen LogP contribution in [0.5, 0.6) is 6.01 Å². The summed E-state index contributed by atoms with van der Waals surface area (Å²) in [5.41, 5.74) is 11.3. The summed E-state index contributed by atoms with van der Waals surface area (Å²) in [5.74, 6) is -2.51. The lowest BCUT2D eigenvalue weighted by Crippen LogP contribution is -2.43. The minimum Gasteiger partial charge on any atom is -0.480 e. The number of aliphatic imine (C=N–C) groups is 1. The van der Waals surface area contributed by atoms with Gasteiger partial charge in [0.2, 0.25) is 11.9 Å². The molecule has 1 aliphatic carbocycles. The summed E-state index contributed by atoms with van der Waals surface area (Å²) in [6.07, 6.45) is -3.17. The molecule has 17 heteroatoms. The number of nitrogens with zero attached hydrogens (tertiary/aromatic N) is 4. The number of nitrogens with one attached hydrogen (secondary N) is 3. The number of hydrogen-bond acceptors (Lipinski definition) is 9. The molecule has 3 aromatic rings. The van der Waals surface area contributed by atoms with Gasteiger partial charge >= 0.3 is 18.2 Å².